The fourth-order valence-corrected chi connectivity index (χ4v) is 2.60. The Hall–Kier alpha value is -0.830. The van der Waals surface area contributed by atoms with E-state index in [1.807, 2.05) is 4.90 Å². The van der Waals surface area contributed by atoms with Gasteiger partial charge in [-0.2, -0.15) is 0 Å². The van der Waals surface area contributed by atoms with Gasteiger partial charge < -0.3 is 10.6 Å². The van der Waals surface area contributed by atoms with Gasteiger partial charge in [-0.1, -0.05) is 32.8 Å². The third kappa shape index (κ3) is 4.15. The molecule has 1 aliphatic rings. The van der Waals surface area contributed by atoms with Gasteiger partial charge in [0.25, 0.3) is 0 Å². The lowest BCUT2D eigenvalue weighted by Gasteiger charge is -2.30. The molecule has 0 aromatic rings. The molecule has 0 saturated heterocycles. The smallest absolute Gasteiger partial charge is 0.240 e. The highest BCUT2D eigenvalue weighted by molar-refractivity contribution is 5.82. The van der Waals surface area contributed by atoms with E-state index in [-0.39, 0.29) is 11.9 Å². The van der Waals surface area contributed by atoms with Gasteiger partial charge in [0.1, 0.15) is 0 Å². The molecule has 0 aliphatic heterocycles. The summed E-state index contributed by atoms with van der Waals surface area (Å²) in [6.45, 7) is 8.57. The van der Waals surface area contributed by atoms with Crippen molar-refractivity contribution < 1.29 is 4.79 Å². The fourth-order valence-electron chi connectivity index (χ4n) is 2.60. The Morgan fingerprint density at radius 2 is 2.06 bits per heavy atom. The number of nitrogens with two attached hydrogens (primary N) is 1. The normalized spacial score (nSPS) is 18.4. The standard InChI is InChI=1S/C14H26N2O/c1-4-9-16(12-7-5-6-8-12)14(17)13(15)10-11(2)3/h4,11-13H,1,5-10,15H2,2-3H3/t13-/m0/s1. The maximum Gasteiger partial charge on any atom is 0.240 e. The Kier molecular flexibility index (Phi) is 5.69. The highest BCUT2D eigenvalue weighted by Gasteiger charge is 2.29. The first-order valence-corrected chi connectivity index (χ1v) is 6.73. The minimum Gasteiger partial charge on any atom is -0.335 e. The zero-order valence-corrected chi connectivity index (χ0v) is 11.2. The topological polar surface area (TPSA) is 46.3 Å². The first-order chi connectivity index (χ1) is 8.06. The molecule has 0 radical (unpaired) electrons. The van der Waals surface area contributed by atoms with Crippen molar-refractivity contribution in [3.8, 4) is 0 Å². The summed E-state index contributed by atoms with van der Waals surface area (Å²) in [4.78, 5) is 14.2. The lowest BCUT2D eigenvalue weighted by atomic mass is 10.0. The monoisotopic (exact) mass is 238 g/mol. The molecule has 3 heteroatoms. The van der Waals surface area contributed by atoms with E-state index >= 15 is 0 Å². The molecule has 1 rings (SSSR count). The number of rotatable bonds is 6. The number of hydrogen-bond donors (Lipinski definition) is 1. The molecule has 0 spiro atoms. The molecule has 0 unspecified atom stereocenters. The van der Waals surface area contributed by atoms with E-state index in [1.54, 1.807) is 6.08 Å². The average molecular weight is 238 g/mol. The van der Waals surface area contributed by atoms with Gasteiger partial charge in [-0.3, -0.25) is 4.79 Å². The van der Waals surface area contributed by atoms with Crippen molar-refractivity contribution in [2.45, 2.75) is 58.0 Å². The van der Waals surface area contributed by atoms with Crippen LogP contribution in [0.5, 0.6) is 0 Å². The second-order valence-corrected chi connectivity index (χ2v) is 5.45. The molecular formula is C14H26N2O. The molecule has 98 valence electrons. The minimum absolute atomic E-state index is 0.102. The molecule has 0 aromatic carbocycles. The van der Waals surface area contributed by atoms with Crippen LogP contribution in [0.3, 0.4) is 0 Å². The van der Waals surface area contributed by atoms with Gasteiger partial charge in [0.05, 0.1) is 6.04 Å². The Morgan fingerprint density at radius 1 is 1.47 bits per heavy atom. The first kappa shape index (κ1) is 14.2. The van der Waals surface area contributed by atoms with Crippen LogP contribution in [-0.4, -0.2) is 29.4 Å². The van der Waals surface area contributed by atoms with Crippen molar-refractivity contribution >= 4 is 5.91 Å². The van der Waals surface area contributed by atoms with E-state index in [0.29, 0.717) is 18.5 Å². The zero-order chi connectivity index (χ0) is 12.8. The van der Waals surface area contributed by atoms with Crippen molar-refractivity contribution in [3.63, 3.8) is 0 Å². The molecule has 3 nitrogen and oxygen atoms in total. The molecule has 1 atom stereocenters. The molecule has 0 bridgehead atoms. The van der Waals surface area contributed by atoms with Crippen molar-refractivity contribution in [2.75, 3.05) is 6.54 Å². The number of nitrogens with zero attached hydrogens (tertiary/aromatic N) is 1. The van der Waals surface area contributed by atoms with Gasteiger partial charge in [0, 0.05) is 12.6 Å². The van der Waals surface area contributed by atoms with Gasteiger partial charge >= 0.3 is 0 Å². The number of carbonyl (C=O) groups excluding carboxylic acids is 1. The lowest BCUT2D eigenvalue weighted by Crippen LogP contribution is -2.48. The maximum absolute atomic E-state index is 12.3. The summed E-state index contributed by atoms with van der Waals surface area (Å²) in [7, 11) is 0. The number of amides is 1. The van der Waals surface area contributed by atoms with E-state index in [0.717, 1.165) is 19.3 Å². The quantitative estimate of drug-likeness (QED) is 0.722. The van der Waals surface area contributed by atoms with Crippen molar-refractivity contribution in [1.82, 2.24) is 4.90 Å². The zero-order valence-electron chi connectivity index (χ0n) is 11.2. The molecular weight excluding hydrogens is 212 g/mol. The maximum atomic E-state index is 12.3. The summed E-state index contributed by atoms with van der Waals surface area (Å²) in [5, 5.41) is 0. The van der Waals surface area contributed by atoms with Crippen LogP contribution in [0.25, 0.3) is 0 Å². The van der Waals surface area contributed by atoms with Crippen molar-refractivity contribution in [1.29, 1.82) is 0 Å². The molecule has 1 amide bonds. The predicted octanol–water partition coefficient (Wildman–Crippen LogP) is 2.32. The fraction of sp³-hybridized carbons (Fsp3) is 0.786. The molecule has 2 N–H and O–H groups in total. The largest absolute Gasteiger partial charge is 0.335 e. The van der Waals surface area contributed by atoms with Gasteiger partial charge in [0.15, 0.2) is 0 Å². The highest BCUT2D eigenvalue weighted by atomic mass is 16.2. The van der Waals surface area contributed by atoms with Gasteiger partial charge in [-0.15, -0.1) is 6.58 Å². The molecule has 1 aliphatic carbocycles. The van der Waals surface area contributed by atoms with Gasteiger partial charge in [-0.05, 0) is 25.2 Å². The summed E-state index contributed by atoms with van der Waals surface area (Å²) < 4.78 is 0. The van der Waals surface area contributed by atoms with Crippen LogP contribution in [0.15, 0.2) is 12.7 Å². The first-order valence-electron chi connectivity index (χ1n) is 6.73. The SMILES string of the molecule is C=CCN(C(=O)[C@@H](N)CC(C)C)C1CCCC1. The van der Waals surface area contributed by atoms with Crippen molar-refractivity contribution in [2.24, 2.45) is 11.7 Å². The van der Waals surface area contributed by atoms with Crippen LogP contribution >= 0.6 is 0 Å². The van der Waals surface area contributed by atoms with E-state index in [4.69, 9.17) is 5.73 Å². The molecule has 0 aromatic heterocycles. The van der Waals surface area contributed by atoms with Crippen LogP contribution in [0.2, 0.25) is 0 Å². The Balaban J connectivity index is 2.61. The lowest BCUT2D eigenvalue weighted by molar-refractivity contribution is -0.134. The second kappa shape index (κ2) is 6.80. The third-order valence-corrected chi connectivity index (χ3v) is 3.42. The van der Waals surface area contributed by atoms with Crippen LogP contribution in [-0.2, 0) is 4.79 Å². The second-order valence-electron chi connectivity index (χ2n) is 5.45. The molecule has 0 heterocycles. The van der Waals surface area contributed by atoms with Gasteiger partial charge in [0.2, 0.25) is 5.91 Å². The Labute approximate surface area is 105 Å². The minimum atomic E-state index is -0.351. The van der Waals surface area contributed by atoms with E-state index in [9.17, 15) is 4.79 Å². The average Bonchev–Trinajstić information content (AvgIpc) is 2.77. The predicted molar refractivity (Wildman–Crippen MR) is 71.6 cm³/mol. The highest BCUT2D eigenvalue weighted by Crippen LogP contribution is 2.24. The molecule has 1 fully saturated rings. The summed E-state index contributed by atoms with van der Waals surface area (Å²) >= 11 is 0. The summed E-state index contributed by atoms with van der Waals surface area (Å²) in [6.07, 6.45) is 7.26. The van der Waals surface area contributed by atoms with Crippen molar-refractivity contribution in [3.05, 3.63) is 12.7 Å². The number of hydrogen-bond acceptors (Lipinski definition) is 2. The molecule has 17 heavy (non-hydrogen) atoms. The van der Waals surface area contributed by atoms with Gasteiger partial charge in [-0.25, -0.2) is 0 Å². The summed E-state index contributed by atoms with van der Waals surface area (Å²) in [5.74, 6) is 0.564. The number of carbonyl (C=O) groups is 1. The van der Waals surface area contributed by atoms with E-state index in [2.05, 4.69) is 20.4 Å². The summed E-state index contributed by atoms with van der Waals surface area (Å²) in [6, 6.07) is 0.0364. The Bertz CT molecular complexity index is 257. The molecule has 1 saturated carbocycles. The van der Waals surface area contributed by atoms with Crippen LogP contribution in [0.4, 0.5) is 0 Å². The third-order valence-electron chi connectivity index (χ3n) is 3.42. The Morgan fingerprint density at radius 3 is 2.53 bits per heavy atom. The van der Waals surface area contributed by atoms with E-state index < -0.39 is 0 Å². The van der Waals surface area contributed by atoms with E-state index in [1.165, 1.54) is 12.8 Å². The van der Waals surface area contributed by atoms with Crippen LogP contribution in [0, 0.1) is 5.92 Å². The van der Waals surface area contributed by atoms with Crippen LogP contribution < -0.4 is 5.73 Å². The van der Waals surface area contributed by atoms with Crippen LogP contribution in [0.1, 0.15) is 46.0 Å². The summed E-state index contributed by atoms with van der Waals surface area (Å²) in [5.41, 5.74) is 5.99.